The van der Waals surface area contributed by atoms with Crippen LogP contribution in [0.25, 0.3) is 4.96 Å². The first kappa shape index (κ1) is 16.2. The summed E-state index contributed by atoms with van der Waals surface area (Å²) in [5.41, 5.74) is 2.79. The largest absolute Gasteiger partial charge is 0.369 e. The summed E-state index contributed by atoms with van der Waals surface area (Å²) in [6, 6.07) is 8.27. The molecular formula is C18H19FN4OS. The number of anilines is 1. The van der Waals surface area contributed by atoms with Crippen LogP contribution in [0.15, 0.2) is 40.5 Å². The average Bonchev–Trinajstić information content (AvgIpc) is 2.98. The zero-order valence-electron chi connectivity index (χ0n) is 14.0. The van der Waals surface area contributed by atoms with E-state index in [1.807, 2.05) is 24.4 Å². The van der Waals surface area contributed by atoms with Crippen LogP contribution >= 0.6 is 11.3 Å². The Morgan fingerprint density at radius 1 is 1.16 bits per heavy atom. The maximum atomic E-state index is 13.0. The minimum absolute atomic E-state index is 0.0105. The van der Waals surface area contributed by atoms with Crippen molar-refractivity contribution in [2.24, 2.45) is 0 Å². The molecule has 1 saturated heterocycles. The second-order valence-electron chi connectivity index (χ2n) is 6.32. The number of benzene rings is 1. The molecule has 0 spiro atoms. The molecule has 1 aliphatic heterocycles. The molecule has 0 aliphatic carbocycles. The topological polar surface area (TPSA) is 40.9 Å². The lowest BCUT2D eigenvalue weighted by Crippen LogP contribution is -2.46. The van der Waals surface area contributed by atoms with E-state index >= 15 is 0 Å². The van der Waals surface area contributed by atoms with Crippen molar-refractivity contribution in [2.45, 2.75) is 13.5 Å². The van der Waals surface area contributed by atoms with Gasteiger partial charge in [0.15, 0.2) is 4.96 Å². The molecule has 0 atom stereocenters. The second-order valence-corrected chi connectivity index (χ2v) is 7.16. The minimum Gasteiger partial charge on any atom is -0.369 e. The lowest BCUT2D eigenvalue weighted by atomic mass is 10.2. The lowest BCUT2D eigenvalue weighted by Gasteiger charge is -2.35. The van der Waals surface area contributed by atoms with Crippen LogP contribution in [0.3, 0.4) is 0 Å². The van der Waals surface area contributed by atoms with Crippen molar-refractivity contribution in [2.75, 3.05) is 31.1 Å². The normalized spacial score (nSPS) is 15.8. The highest BCUT2D eigenvalue weighted by molar-refractivity contribution is 7.15. The molecule has 1 fully saturated rings. The van der Waals surface area contributed by atoms with Gasteiger partial charge in [-0.3, -0.25) is 14.1 Å². The van der Waals surface area contributed by atoms with Gasteiger partial charge in [-0.1, -0.05) is 0 Å². The van der Waals surface area contributed by atoms with Gasteiger partial charge < -0.3 is 4.90 Å². The number of thiazole rings is 1. The highest BCUT2D eigenvalue weighted by Crippen LogP contribution is 2.18. The van der Waals surface area contributed by atoms with Gasteiger partial charge in [0.1, 0.15) is 5.82 Å². The van der Waals surface area contributed by atoms with Gasteiger partial charge in [-0.05, 0) is 31.2 Å². The molecule has 3 heterocycles. The second kappa shape index (κ2) is 6.57. The zero-order chi connectivity index (χ0) is 17.4. The minimum atomic E-state index is -0.209. The Bertz CT molecular complexity index is 942. The molecule has 2 aromatic heterocycles. The van der Waals surface area contributed by atoms with Crippen LogP contribution in [0.5, 0.6) is 0 Å². The van der Waals surface area contributed by atoms with E-state index in [9.17, 15) is 9.18 Å². The summed E-state index contributed by atoms with van der Waals surface area (Å²) in [7, 11) is 0. The van der Waals surface area contributed by atoms with E-state index in [1.165, 1.54) is 23.5 Å². The number of hydrogen-bond acceptors (Lipinski definition) is 5. The smallest absolute Gasteiger partial charge is 0.259 e. The van der Waals surface area contributed by atoms with Gasteiger partial charge in [0.25, 0.3) is 5.56 Å². The molecule has 0 N–H and O–H groups in total. The zero-order valence-corrected chi connectivity index (χ0v) is 14.8. The predicted molar refractivity (Wildman–Crippen MR) is 98.0 cm³/mol. The summed E-state index contributed by atoms with van der Waals surface area (Å²) in [4.78, 5) is 22.2. The summed E-state index contributed by atoms with van der Waals surface area (Å²) in [6.45, 7) is 6.14. The number of halogens is 1. The van der Waals surface area contributed by atoms with Gasteiger partial charge in [-0.15, -0.1) is 11.3 Å². The van der Waals surface area contributed by atoms with Gasteiger partial charge in [-0.25, -0.2) is 9.37 Å². The summed E-state index contributed by atoms with van der Waals surface area (Å²) in [5.74, 6) is -0.209. The summed E-state index contributed by atoms with van der Waals surface area (Å²) < 4.78 is 14.7. The van der Waals surface area contributed by atoms with Crippen molar-refractivity contribution in [3.63, 3.8) is 0 Å². The van der Waals surface area contributed by atoms with E-state index in [0.29, 0.717) is 6.54 Å². The standard InChI is InChI=1S/C18H19FN4OS/c1-13-12-25-18-20-15(10-17(24)23(13)18)11-21-6-8-22(9-7-21)16-4-2-14(19)3-5-16/h2-5,10,12H,6-9,11H2,1H3. The molecule has 1 aromatic carbocycles. The lowest BCUT2D eigenvalue weighted by molar-refractivity contribution is 0.247. The number of piperazine rings is 1. The van der Waals surface area contributed by atoms with Crippen LogP contribution in [0.1, 0.15) is 11.4 Å². The average molecular weight is 358 g/mol. The third kappa shape index (κ3) is 3.29. The molecule has 7 heteroatoms. The fourth-order valence-corrected chi connectivity index (χ4v) is 4.12. The molecule has 3 aromatic rings. The number of aryl methyl sites for hydroxylation is 1. The van der Waals surface area contributed by atoms with Gasteiger partial charge in [0, 0.05) is 55.6 Å². The number of hydrogen-bond donors (Lipinski definition) is 0. The van der Waals surface area contributed by atoms with Crippen molar-refractivity contribution in [1.82, 2.24) is 14.3 Å². The molecule has 0 unspecified atom stereocenters. The van der Waals surface area contributed by atoms with Crippen LogP contribution in [0, 0.1) is 12.7 Å². The number of aromatic nitrogens is 2. The third-order valence-corrected chi connectivity index (χ3v) is 5.52. The molecule has 0 bridgehead atoms. The van der Waals surface area contributed by atoms with Gasteiger partial charge in [0.2, 0.25) is 0 Å². The van der Waals surface area contributed by atoms with Crippen LogP contribution in [-0.4, -0.2) is 40.5 Å². The Morgan fingerprint density at radius 2 is 1.88 bits per heavy atom. The van der Waals surface area contributed by atoms with Crippen molar-refractivity contribution in [3.8, 4) is 0 Å². The molecule has 0 amide bonds. The van der Waals surface area contributed by atoms with Gasteiger partial charge in [-0.2, -0.15) is 0 Å². The van der Waals surface area contributed by atoms with Crippen molar-refractivity contribution in [3.05, 3.63) is 63.3 Å². The van der Waals surface area contributed by atoms with Gasteiger partial charge >= 0.3 is 0 Å². The summed E-state index contributed by atoms with van der Waals surface area (Å²) >= 11 is 1.50. The molecule has 0 radical (unpaired) electrons. The highest BCUT2D eigenvalue weighted by Gasteiger charge is 2.18. The highest BCUT2D eigenvalue weighted by atomic mass is 32.1. The Labute approximate surface area is 149 Å². The maximum absolute atomic E-state index is 13.0. The fourth-order valence-electron chi connectivity index (χ4n) is 3.23. The van der Waals surface area contributed by atoms with Crippen molar-refractivity contribution >= 4 is 22.0 Å². The van der Waals surface area contributed by atoms with E-state index < -0.39 is 0 Å². The number of rotatable bonds is 3. The first-order valence-electron chi connectivity index (χ1n) is 8.30. The first-order chi connectivity index (χ1) is 12.1. The Kier molecular flexibility index (Phi) is 4.27. The predicted octanol–water partition coefficient (Wildman–Crippen LogP) is 2.53. The molecule has 4 rings (SSSR count). The summed E-state index contributed by atoms with van der Waals surface area (Å²) in [6.07, 6.45) is 0. The quantitative estimate of drug-likeness (QED) is 0.721. The molecule has 1 aliphatic rings. The van der Waals surface area contributed by atoms with Crippen LogP contribution in [0.4, 0.5) is 10.1 Å². The molecule has 0 saturated carbocycles. The van der Waals surface area contributed by atoms with Crippen molar-refractivity contribution < 1.29 is 4.39 Å². The van der Waals surface area contributed by atoms with E-state index in [2.05, 4.69) is 14.8 Å². The Balaban J connectivity index is 1.43. The summed E-state index contributed by atoms with van der Waals surface area (Å²) in [5, 5.41) is 1.95. The number of nitrogens with zero attached hydrogens (tertiary/aromatic N) is 4. The molecular weight excluding hydrogens is 339 g/mol. The Hall–Kier alpha value is -2.25. The first-order valence-corrected chi connectivity index (χ1v) is 9.18. The Morgan fingerprint density at radius 3 is 2.60 bits per heavy atom. The fraction of sp³-hybridized carbons (Fsp3) is 0.333. The van der Waals surface area contributed by atoms with Crippen molar-refractivity contribution in [1.29, 1.82) is 0 Å². The van der Waals surface area contributed by atoms with Gasteiger partial charge in [0.05, 0.1) is 5.69 Å². The van der Waals surface area contributed by atoms with E-state index in [-0.39, 0.29) is 11.4 Å². The molecule has 25 heavy (non-hydrogen) atoms. The number of fused-ring (bicyclic) bond motifs is 1. The van der Waals surface area contributed by atoms with Crippen LogP contribution < -0.4 is 10.5 Å². The maximum Gasteiger partial charge on any atom is 0.259 e. The monoisotopic (exact) mass is 358 g/mol. The molecule has 130 valence electrons. The van der Waals surface area contributed by atoms with Crippen LogP contribution in [0.2, 0.25) is 0 Å². The van der Waals surface area contributed by atoms with Crippen LogP contribution in [-0.2, 0) is 6.54 Å². The van der Waals surface area contributed by atoms with E-state index in [1.54, 1.807) is 10.5 Å². The van der Waals surface area contributed by atoms with E-state index in [4.69, 9.17) is 0 Å². The van der Waals surface area contributed by atoms with E-state index in [0.717, 1.165) is 48.2 Å². The molecule has 5 nitrogen and oxygen atoms in total. The third-order valence-electron chi connectivity index (χ3n) is 4.58. The SMILES string of the molecule is Cc1csc2nc(CN3CCN(c4ccc(F)cc4)CC3)cc(=O)n12.